The highest BCUT2D eigenvalue weighted by molar-refractivity contribution is 4.91. The second kappa shape index (κ2) is 4.74. The van der Waals surface area contributed by atoms with Gasteiger partial charge in [0.15, 0.2) is 0 Å². The van der Waals surface area contributed by atoms with Crippen LogP contribution in [0.3, 0.4) is 0 Å². The summed E-state index contributed by atoms with van der Waals surface area (Å²) in [5.41, 5.74) is -1.34. The van der Waals surface area contributed by atoms with Crippen molar-refractivity contribution < 1.29 is 15.3 Å². The van der Waals surface area contributed by atoms with Crippen molar-refractivity contribution in [3.63, 3.8) is 0 Å². The molecule has 0 aliphatic rings. The fourth-order valence-corrected chi connectivity index (χ4v) is 1.02. The van der Waals surface area contributed by atoms with Crippen LogP contribution in [0, 0.1) is 0 Å². The summed E-state index contributed by atoms with van der Waals surface area (Å²) >= 11 is 0. The SMILES string of the molecule is C=CC(C)(O)CCCC(C)(C)OO. The van der Waals surface area contributed by atoms with Crippen LogP contribution in [-0.2, 0) is 4.89 Å². The maximum atomic E-state index is 9.57. The summed E-state index contributed by atoms with van der Waals surface area (Å²) in [7, 11) is 0. The molecule has 78 valence electrons. The Bertz CT molecular complexity index is 162. The van der Waals surface area contributed by atoms with Crippen molar-refractivity contribution in [1.29, 1.82) is 0 Å². The van der Waals surface area contributed by atoms with Gasteiger partial charge in [0.25, 0.3) is 0 Å². The minimum Gasteiger partial charge on any atom is -0.386 e. The van der Waals surface area contributed by atoms with Crippen LogP contribution in [-0.4, -0.2) is 21.6 Å². The molecule has 0 saturated carbocycles. The number of hydrogen-bond donors (Lipinski definition) is 2. The predicted octanol–water partition coefficient (Wildman–Crippen LogP) is 2.36. The molecule has 13 heavy (non-hydrogen) atoms. The lowest BCUT2D eigenvalue weighted by molar-refractivity contribution is -0.314. The maximum Gasteiger partial charge on any atom is 0.0977 e. The summed E-state index contributed by atoms with van der Waals surface area (Å²) in [6, 6.07) is 0. The fraction of sp³-hybridized carbons (Fsp3) is 0.800. The monoisotopic (exact) mass is 188 g/mol. The van der Waals surface area contributed by atoms with Gasteiger partial charge in [-0.1, -0.05) is 6.08 Å². The van der Waals surface area contributed by atoms with Crippen molar-refractivity contribution in [2.24, 2.45) is 0 Å². The van der Waals surface area contributed by atoms with E-state index in [0.717, 1.165) is 6.42 Å². The Morgan fingerprint density at radius 2 is 1.85 bits per heavy atom. The molecule has 0 aromatic heterocycles. The number of hydrogen-bond acceptors (Lipinski definition) is 3. The van der Waals surface area contributed by atoms with E-state index in [-0.39, 0.29) is 0 Å². The highest BCUT2D eigenvalue weighted by atomic mass is 17.1. The molecule has 1 atom stereocenters. The predicted molar refractivity (Wildman–Crippen MR) is 52.5 cm³/mol. The van der Waals surface area contributed by atoms with E-state index in [9.17, 15) is 5.11 Å². The largest absolute Gasteiger partial charge is 0.386 e. The first-order valence-electron chi connectivity index (χ1n) is 4.51. The van der Waals surface area contributed by atoms with E-state index in [1.165, 1.54) is 6.08 Å². The molecule has 0 aromatic carbocycles. The third-order valence-corrected chi connectivity index (χ3v) is 2.15. The zero-order chi connectivity index (χ0) is 10.5. The van der Waals surface area contributed by atoms with E-state index in [1.54, 1.807) is 20.8 Å². The minimum atomic E-state index is -0.814. The Labute approximate surface area is 80.0 Å². The summed E-state index contributed by atoms with van der Waals surface area (Å²) in [5, 5.41) is 18.1. The van der Waals surface area contributed by atoms with Crippen molar-refractivity contribution >= 4 is 0 Å². The third kappa shape index (κ3) is 5.80. The van der Waals surface area contributed by atoms with Crippen molar-refractivity contribution in [1.82, 2.24) is 0 Å². The van der Waals surface area contributed by atoms with Gasteiger partial charge in [0, 0.05) is 0 Å². The van der Waals surface area contributed by atoms with Crippen molar-refractivity contribution in [2.45, 2.75) is 51.2 Å². The molecular weight excluding hydrogens is 168 g/mol. The standard InChI is InChI=1S/C10H20O3/c1-5-10(4,11)8-6-7-9(2,3)13-12/h5,11-12H,1,6-8H2,2-4H3. The van der Waals surface area contributed by atoms with Gasteiger partial charge in [0.1, 0.15) is 0 Å². The maximum absolute atomic E-state index is 9.57. The van der Waals surface area contributed by atoms with Crippen LogP contribution in [0.4, 0.5) is 0 Å². The molecule has 0 rings (SSSR count). The van der Waals surface area contributed by atoms with Gasteiger partial charge in [-0.2, -0.15) is 0 Å². The van der Waals surface area contributed by atoms with Crippen molar-refractivity contribution in [2.75, 3.05) is 0 Å². The highest BCUT2D eigenvalue weighted by Gasteiger charge is 2.21. The van der Waals surface area contributed by atoms with Crippen LogP contribution in [0.2, 0.25) is 0 Å². The molecule has 0 fully saturated rings. The molecule has 0 heterocycles. The Balaban J connectivity index is 3.74. The fourth-order valence-electron chi connectivity index (χ4n) is 1.02. The first-order valence-corrected chi connectivity index (χ1v) is 4.51. The molecule has 0 aromatic rings. The molecule has 3 heteroatoms. The first kappa shape index (κ1) is 12.6. The normalized spacial score (nSPS) is 16.7. The van der Waals surface area contributed by atoms with E-state index in [4.69, 9.17) is 5.26 Å². The van der Waals surface area contributed by atoms with Gasteiger partial charge in [-0.3, -0.25) is 5.26 Å². The van der Waals surface area contributed by atoms with Crippen LogP contribution < -0.4 is 0 Å². The van der Waals surface area contributed by atoms with Gasteiger partial charge in [-0.15, -0.1) is 6.58 Å². The van der Waals surface area contributed by atoms with Gasteiger partial charge in [-0.05, 0) is 40.0 Å². The zero-order valence-electron chi connectivity index (χ0n) is 8.71. The molecule has 0 bridgehead atoms. The summed E-state index contributed by atoms with van der Waals surface area (Å²) in [5.74, 6) is 0. The first-order chi connectivity index (χ1) is 5.83. The summed E-state index contributed by atoms with van der Waals surface area (Å²) in [6.07, 6.45) is 3.64. The molecular formula is C10H20O3. The lowest BCUT2D eigenvalue weighted by atomic mass is 9.94. The number of rotatable bonds is 6. The van der Waals surface area contributed by atoms with Crippen molar-refractivity contribution in [3.05, 3.63) is 12.7 Å². The molecule has 0 radical (unpaired) electrons. The zero-order valence-corrected chi connectivity index (χ0v) is 8.71. The molecule has 2 N–H and O–H groups in total. The average Bonchev–Trinajstić information content (AvgIpc) is 2.04. The Morgan fingerprint density at radius 3 is 2.23 bits per heavy atom. The topological polar surface area (TPSA) is 49.7 Å². The van der Waals surface area contributed by atoms with E-state index in [0.29, 0.717) is 12.8 Å². The molecule has 3 nitrogen and oxygen atoms in total. The van der Waals surface area contributed by atoms with Crippen LogP contribution in [0.15, 0.2) is 12.7 Å². The smallest absolute Gasteiger partial charge is 0.0977 e. The summed E-state index contributed by atoms with van der Waals surface area (Å²) in [6.45, 7) is 8.85. The van der Waals surface area contributed by atoms with Crippen LogP contribution in [0.1, 0.15) is 40.0 Å². The molecule has 0 spiro atoms. The van der Waals surface area contributed by atoms with E-state index < -0.39 is 11.2 Å². The second-order valence-corrected chi connectivity index (χ2v) is 4.27. The van der Waals surface area contributed by atoms with Gasteiger partial charge < -0.3 is 5.11 Å². The van der Waals surface area contributed by atoms with Crippen molar-refractivity contribution in [3.8, 4) is 0 Å². The van der Waals surface area contributed by atoms with Gasteiger partial charge in [-0.25, -0.2) is 4.89 Å². The Morgan fingerprint density at radius 1 is 1.31 bits per heavy atom. The van der Waals surface area contributed by atoms with Gasteiger partial charge >= 0.3 is 0 Å². The van der Waals surface area contributed by atoms with Crippen LogP contribution >= 0.6 is 0 Å². The van der Waals surface area contributed by atoms with Gasteiger partial charge in [0.05, 0.1) is 11.2 Å². The quantitative estimate of drug-likeness (QED) is 0.382. The lowest BCUT2D eigenvalue weighted by Gasteiger charge is -2.23. The lowest BCUT2D eigenvalue weighted by Crippen LogP contribution is -2.25. The van der Waals surface area contributed by atoms with Crippen LogP contribution in [0.25, 0.3) is 0 Å². The molecule has 0 amide bonds. The molecule has 1 unspecified atom stereocenters. The van der Waals surface area contributed by atoms with Crippen LogP contribution in [0.5, 0.6) is 0 Å². The Kier molecular flexibility index (Phi) is 4.61. The van der Waals surface area contributed by atoms with E-state index in [2.05, 4.69) is 11.5 Å². The van der Waals surface area contributed by atoms with Gasteiger partial charge in [0.2, 0.25) is 0 Å². The summed E-state index contributed by atoms with van der Waals surface area (Å²) in [4.78, 5) is 4.28. The van der Waals surface area contributed by atoms with E-state index in [1.807, 2.05) is 0 Å². The highest BCUT2D eigenvalue weighted by Crippen LogP contribution is 2.21. The molecule has 0 aliphatic carbocycles. The third-order valence-electron chi connectivity index (χ3n) is 2.15. The Hall–Kier alpha value is -0.380. The number of aliphatic hydroxyl groups is 1. The average molecular weight is 188 g/mol. The second-order valence-electron chi connectivity index (χ2n) is 4.27. The molecule has 0 aliphatic heterocycles. The van der Waals surface area contributed by atoms with E-state index >= 15 is 0 Å². The summed E-state index contributed by atoms with van der Waals surface area (Å²) < 4.78 is 0. The molecule has 0 saturated heterocycles. The minimum absolute atomic E-state index is 0.531.